The van der Waals surface area contributed by atoms with Crippen molar-refractivity contribution in [2.24, 2.45) is 28.3 Å². The zero-order chi connectivity index (χ0) is 19.6. The molecule has 4 saturated carbocycles. The molecule has 28 heavy (non-hydrogen) atoms. The molecule has 156 valence electrons. The number of ether oxygens (including phenoxy) is 1. The van der Waals surface area contributed by atoms with E-state index in [2.05, 4.69) is 20.7 Å². The van der Waals surface area contributed by atoms with Crippen LogP contribution in [-0.4, -0.2) is 61.8 Å². The van der Waals surface area contributed by atoms with Crippen molar-refractivity contribution in [2.75, 3.05) is 39.4 Å². The molecule has 0 radical (unpaired) electrons. The summed E-state index contributed by atoms with van der Waals surface area (Å²) in [6.45, 7) is 6.66. The topological polar surface area (TPSA) is 83.0 Å². The molecule has 4 bridgehead atoms. The minimum Gasteiger partial charge on any atom is -0.379 e. The average Bonchev–Trinajstić information content (AvgIpc) is 2.66. The number of carbonyl (C=O) groups is 2. The average molecular weight is 391 g/mol. The molecule has 5 aliphatic rings. The van der Waals surface area contributed by atoms with Gasteiger partial charge in [0.15, 0.2) is 0 Å². The summed E-state index contributed by atoms with van der Waals surface area (Å²) in [6.07, 6.45) is 7.27. The van der Waals surface area contributed by atoms with E-state index in [9.17, 15) is 9.59 Å². The molecular formula is C21H34N4O3. The molecule has 5 fully saturated rings. The van der Waals surface area contributed by atoms with E-state index in [1.807, 2.05) is 6.92 Å². The first-order valence-corrected chi connectivity index (χ1v) is 10.9. The maximum Gasteiger partial charge on any atom is 0.246 e. The summed E-state index contributed by atoms with van der Waals surface area (Å²) in [7, 11) is 0. The van der Waals surface area contributed by atoms with Crippen LogP contribution in [-0.2, 0) is 14.3 Å². The van der Waals surface area contributed by atoms with Crippen molar-refractivity contribution in [1.82, 2.24) is 15.6 Å². The van der Waals surface area contributed by atoms with Gasteiger partial charge in [0, 0.05) is 31.9 Å². The fourth-order valence-electron chi connectivity index (χ4n) is 6.17. The fraction of sp³-hybridized carbons (Fsp3) is 0.857. The molecule has 0 spiro atoms. The van der Waals surface area contributed by atoms with Crippen LogP contribution in [0.1, 0.15) is 51.9 Å². The highest BCUT2D eigenvalue weighted by molar-refractivity contribution is 6.00. The van der Waals surface area contributed by atoms with Crippen LogP contribution in [0, 0.1) is 23.2 Å². The highest BCUT2D eigenvalue weighted by atomic mass is 16.5. The summed E-state index contributed by atoms with van der Waals surface area (Å²) in [6, 6.07) is 0. The number of hydrogen-bond acceptors (Lipinski definition) is 5. The summed E-state index contributed by atoms with van der Waals surface area (Å²) in [5, 5.41) is 7.19. The second kappa shape index (κ2) is 8.49. The third-order valence-corrected chi connectivity index (χ3v) is 7.14. The monoisotopic (exact) mass is 390 g/mol. The second-order valence-corrected chi connectivity index (χ2v) is 9.47. The molecule has 4 aliphatic carbocycles. The maximum atomic E-state index is 12.9. The summed E-state index contributed by atoms with van der Waals surface area (Å²) < 4.78 is 5.32. The Hall–Kier alpha value is -1.47. The molecule has 1 saturated heterocycles. The molecule has 5 rings (SSSR count). The lowest BCUT2D eigenvalue weighted by atomic mass is 9.49. The van der Waals surface area contributed by atoms with Gasteiger partial charge in [-0.15, -0.1) is 0 Å². The highest BCUT2D eigenvalue weighted by Crippen LogP contribution is 2.60. The van der Waals surface area contributed by atoms with E-state index < -0.39 is 0 Å². The zero-order valence-corrected chi connectivity index (χ0v) is 17.0. The summed E-state index contributed by atoms with van der Waals surface area (Å²) >= 11 is 0. The van der Waals surface area contributed by atoms with Crippen LogP contribution >= 0.6 is 0 Å². The number of amides is 2. The summed E-state index contributed by atoms with van der Waals surface area (Å²) in [4.78, 5) is 27.3. The number of nitrogens with zero attached hydrogens (tertiary/aromatic N) is 2. The molecule has 0 aromatic rings. The Labute approximate surface area is 167 Å². The van der Waals surface area contributed by atoms with Gasteiger partial charge in [0.2, 0.25) is 11.8 Å². The van der Waals surface area contributed by atoms with Gasteiger partial charge in [0.25, 0.3) is 0 Å². The molecule has 2 amide bonds. The van der Waals surface area contributed by atoms with E-state index in [-0.39, 0.29) is 23.7 Å². The van der Waals surface area contributed by atoms with Crippen LogP contribution in [0.2, 0.25) is 0 Å². The molecule has 0 unspecified atom stereocenters. The van der Waals surface area contributed by atoms with Crippen molar-refractivity contribution in [3.63, 3.8) is 0 Å². The number of morpholine rings is 1. The Morgan fingerprint density at radius 1 is 1.07 bits per heavy atom. The van der Waals surface area contributed by atoms with Crippen molar-refractivity contribution in [1.29, 1.82) is 0 Å². The van der Waals surface area contributed by atoms with Gasteiger partial charge in [-0.1, -0.05) is 0 Å². The van der Waals surface area contributed by atoms with Gasteiger partial charge in [-0.25, -0.2) is 5.43 Å². The van der Waals surface area contributed by atoms with Crippen molar-refractivity contribution in [3.8, 4) is 0 Å². The molecular weight excluding hydrogens is 356 g/mol. The van der Waals surface area contributed by atoms with Crippen LogP contribution in [0.15, 0.2) is 5.10 Å². The van der Waals surface area contributed by atoms with Crippen molar-refractivity contribution in [2.45, 2.75) is 51.9 Å². The van der Waals surface area contributed by atoms with Crippen molar-refractivity contribution >= 4 is 17.5 Å². The predicted molar refractivity (Wildman–Crippen MR) is 107 cm³/mol. The lowest BCUT2D eigenvalue weighted by Crippen LogP contribution is -2.52. The normalized spacial score (nSPS) is 35.0. The first-order valence-electron chi connectivity index (χ1n) is 10.9. The third-order valence-electron chi connectivity index (χ3n) is 7.14. The molecule has 2 N–H and O–H groups in total. The standard InChI is InChI=1S/C21H34N4O3/c1-15(8-19(26)22-2-3-25-4-6-28-7-5-25)23-24-20(27)21-12-16-9-17(13-21)11-18(10-16)14-21/h16-18H,2-14H2,1H3,(H,22,26)(H,24,27). The van der Waals surface area contributed by atoms with Crippen LogP contribution in [0.4, 0.5) is 0 Å². The Bertz CT molecular complexity index is 592. The fourth-order valence-corrected chi connectivity index (χ4v) is 6.17. The van der Waals surface area contributed by atoms with Crippen LogP contribution in [0.25, 0.3) is 0 Å². The van der Waals surface area contributed by atoms with E-state index in [0.717, 1.165) is 69.9 Å². The smallest absolute Gasteiger partial charge is 0.246 e. The van der Waals surface area contributed by atoms with Gasteiger partial charge >= 0.3 is 0 Å². The lowest BCUT2D eigenvalue weighted by molar-refractivity contribution is -0.146. The first kappa shape index (κ1) is 19.8. The molecule has 0 aromatic heterocycles. The van der Waals surface area contributed by atoms with Crippen LogP contribution in [0.3, 0.4) is 0 Å². The van der Waals surface area contributed by atoms with Crippen LogP contribution < -0.4 is 10.7 Å². The van der Waals surface area contributed by atoms with Gasteiger partial charge in [0.05, 0.1) is 25.0 Å². The Kier molecular flexibility index (Phi) is 6.01. The lowest BCUT2D eigenvalue weighted by Gasteiger charge is -2.55. The number of hydrogen-bond donors (Lipinski definition) is 2. The van der Waals surface area contributed by atoms with Crippen molar-refractivity contribution in [3.05, 3.63) is 0 Å². The summed E-state index contributed by atoms with van der Waals surface area (Å²) in [5.74, 6) is 2.25. The number of nitrogens with one attached hydrogen (secondary N) is 2. The minimum absolute atomic E-state index is 0.0430. The van der Waals surface area contributed by atoms with E-state index >= 15 is 0 Å². The Balaban J connectivity index is 1.20. The first-order chi connectivity index (χ1) is 13.5. The third kappa shape index (κ3) is 4.57. The minimum atomic E-state index is -0.195. The van der Waals surface area contributed by atoms with Gasteiger partial charge < -0.3 is 10.1 Å². The SMILES string of the molecule is CC(CC(=O)NCCN1CCOCC1)=NNC(=O)C12CC3CC(CC(C3)C1)C2. The van der Waals surface area contributed by atoms with Crippen LogP contribution in [0.5, 0.6) is 0 Å². The predicted octanol–water partition coefficient (Wildman–Crippen LogP) is 1.53. The molecule has 0 aromatic carbocycles. The van der Waals surface area contributed by atoms with Gasteiger partial charge in [-0.05, 0) is 63.2 Å². The molecule has 0 atom stereocenters. The number of carbonyl (C=O) groups excluding carboxylic acids is 2. The van der Waals surface area contributed by atoms with Crippen molar-refractivity contribution < 1.29 is 14.3 Å². The van der Waals surface area contributed by atoms with Gasteiger partial charge in [-0.3, -0.25) is 14.5 Å². The largest absolute Gasteiger partial charge is 0.379 e. The molecule has 1 aliphatic heterocycles. The Morgan fingerprint density at radius 3 is 2.29 bits per heavy atom. The maximum absolute atomic E-state index is 12.9. The van der Waals surface area contributed by atoms with E-state index in [0.29, 0.717) is 12.3 Å². The molecule has 7 heteroatoms. The quantitative estimate of drug-likeness (QED) is 0.510. The second-order valence-electron chi connectivity index (χ2n) is 9.47. The van der Waals surface area contributed by atoms with Gasteiger partial charge in [-0.2, -0.15) is 5.10 Å². The Morgan fingerprint density at radius 2 is 1.68 bits per heavy atom. The van der Waals surface area contributed by atoms with E-state index in [1.165, 1.54) is 19.3 Å². The highest BCUT2D eigenvalue weighted by Gasteiger charge is 2.54. The molecule has 7 nitrogen and oxygen atoms in total. The van der Waals surface area contributed by atoms with Gasteiger partial charge in [0.1, 0.15) is 0 Å². The van der Waals surface area contributed by atoms with E-state index in [4.69, 9.17) is 4.74 Å². The van der Waals surface area contributed by atoms with E-state index in [1.54, 1.807) is 0 Å². The number of hydrazone groups is 1. The number of rotatable bonds is 7. The summed E-state index contributed by atoms with van der Waals surface area (Å²) in [5.41, 5.74) is 3.26. The molecule has 1 heterocycles. The zero-order valence-electron chi connectivity index (χ0n) is 17.0.